The maximum atomic E-state index is 13.2. The molecule has 2 atom stereocenters. The Balaban J connectivity index is 1.51. The summed E-state index contributed by atoms with van der Waals surface area (Å²) in [5.74, 6) is -0.955. The molecule has 34 heavy (non-hydrogen) atoms. The van der Waals surface area contributed by atoms with Crippen molar-refractivity contribution in [2.24, 2.45) is 0 Å². The fourth-order valence-electron chi connectivity index (χ4n) is 4.15. The highest BCUT2D eigenvalue weighted by Crippen LogP contribution is 2.47. The van der Waals surface area contributed by atoms with Gasteiger partial charge in [0, 0.05) is 6.54 Å². The Morgan fingerprint density at radius 3 is 2.29 bits per heavy atom. The van der Waals surface area contributed by atoms with E-state index in [-0.39, 0.29) is 12.8 Å². The molecule has 0 radical (unpaired) electrons. The molecule has 1 saturated heterocycles. The Morgan fingerprint density at radius 2 is 1.65 bits per heavy atom. The molecule has 1 fully saturated rings. The topological polar surface area (TPSA) is 93.1 Å². The minimum atomic E-state index is -3.99. The first-order valence-electron chi connectivity index (χ1n) is 11.8. The van der Waals surface area contributed by atoms with Gasteiger partial charge in [-0.25, -0.2) is 4.79 Å². The minimum Gasteiger partial charge on any atom is -0.459 e. The lowest BCUT2D eigenvalue weighted by Gasteiger charge is -2.33. The number of ether oxygens (including phenoxy) is 1. The van der Waals surface area contributed by atoms with Crippen LogP contribution in [0.15, 0.2) is 60.7 Å². The van der Waals surface area contributed by atoms with Gasteiger partial charge in [0.2, 0.25) is 0 Å². The fourth-order valence-corrected chi connectivity index (χ4v) is 5.66. The van der Waals surface area contributed by atoms with Crippen molar-refractivity contribution in [1.82, 2.24) is 4.90 Å². The van der Waals surface area contributed by atoms with Gasteiger partial charge in [0.15, 0.2) is 5.60 Å². The van der Waals surface area contributed by atoms with Gasteiger partial charge in [-0.3, -0.25) is 13.9 Å². The first-order chi connectivity index (χ1) is 16.2. The molecule has 1 aliphatic heterocycles. The summed E-state index contributed by atoms with van der Waals surface area (Å²) >= 11 is 0. The second kappa shape index (κ2) is 11.8. The zero-order valence-electron chi connectivity index (χ0n) is 19.9. The van der Waals surface area contributed by atoms with E-state index in [9.17, 15) is 19.0 Å². The molecule has 1 N–H and O–H groups in total. The molecule has 1 unspecified atom stereocenters. The zero-order valence-corrected chi connectivity index (χ0v) is 20.8. The lowest BCUT2D eigenvalue weighted by Crippen LogP contribution is -2.51. The average Bonchev–Trinajstić information content (AvgIpc) is 3.30. The molecule has 0 aliphatic carbocycles. The zero-order chi connectivity index (χ0) is 24.6. The first kappa shape index (κ1) is 26.1. The maximum Gasteiger partial charge on any atom is 0.329 e. The summed E-state index contributed by atoms with van der Waals surface area (Å²) in [6, 6.07) is 18.5. The van der Waals surface area contributed by atoms with Crippen LogP contribution in [0.1, 0.15) is 50.7 Å². The van der Waals surface area contributed by atoms with Crippen LogP contribution in [-0.2, 0) is 36.4 Å². The van der Waals surface area contributed by atoms with Gasteiger partial charge in [-0.15, -0.1) is 0 Å². The summed E-state index contributed by atoms with van der Waals surface area (Å²) in [4.78, 5) is 37.7. The van der Waals surface area contributed by atoms with E-state index in [4.69, 9.17) is 9.26 Å². The molecule has 184 valence electrons. The smallest absolute Gasteiger partial charge is 0.329 e. The van der Waals surface area contributed by atoms with E-state index in [2.05, 4.69) is 0 Å². The number of aryl methyl sites for hydroxylation is 1. The van der Waals surface area contributed by atoms with E-state index in [1.165, 1.54) is 24.3 Å². The summed E-state index contributed by atoms with van der Waals surface area (Å²) in [5, 5.41) is 0. The van der Waals surface area contributed by atoms with Crippen LogP contribution in [-0.4, -0.2) is 46.0 Å². The van der Waals surface area contributed by atoms with Crippen molar-refractivity contribution in [3.8, 4) is 0 Å². The summed E-state index contributed by atoms with van der Waals surface area (Å²) in [6.07, 6.45) is 3.18. The summed E-state index contributed by atoms with van der Waals surface area (Å²) < 4.78 is 23.6. The van der Waals surface area contributed by atoms with E-state index in [0.717, 1.165) is 18.4 Å². The predicted octanol–water partition coefficient (Wildman–Crippen LogP) is 4.72. The molecule has 1 aliphatic rings. The normalized spacial score (nSPS) is 17.9. The Kier molecular flexibility index (Phi) is 9.06. The van der Waals surface area contributed by atoms with Gasteiger partial charge in [0.1, 0.15) is 12.6 Å². The summed E-state index contributed by atoms with van der Waals surface area (Å²) in [6.45, 7) is 3.47. The third-order valence-electron chi connectivity index (χ3n) is 5.89. The van der Waals surface area contributed by atoms with E-state index >= 15 is 0 Å². The molecule has 7 nitrogen and oxygen atoms in total. The maximum absolute atomic E-state index is 13.2. The molecule has 1 heterocycles. The quantitative estimate of drug-likeness (QED) is 0.280. The van der Waals surface area contributed by atoms with Crippen molar-refractivity contribution < 1.29 is 28.3 Å². The number of hydrogen-bond acceptors (Lipinski definition) is 5. The lowest BCUT2D eigenvalue weighted by molar-refractivity contribution is -0.159. The Bertz CT molecular complexity index is 995. The van der Waals surface area contributed by atoms with Crippen LogP contribution in [0.2, 0.25) is 0 Å². The van der Waals surface area contributed by atoms with E-state index in [1.807, 2.05) is 60.7 Å². The second-order valence-electron chi connectivity index (χ2n) is 9.16. The van der Waals surface area contributed by atoms with Crippen LogP contribution in [0.3, 0.4) is 0 Å². The van der Waals surface area contributed by atoms with Gasteiger partial charge >= 0.3 is 13.6 Å². The van der Waals surface area contributed by atoms with Crippen molar-refractivity contribution in [1.29, 1.82) is 0 Å². The summed E-state index contributed by atoms with van der Waals surface area (Å²) in [5.41, 5.74) is 0.501. The standard InChI is InChI=1S/C26H34NO6P/c1-26(2,33-34(30,31)19-10-9-14-21-12-5-3-6-13-21)25(29)27-18-11-17-23(27)24(28)32-20-22-15-7-4-8-16-22/h3-8,12-13,15-16,23H,9-11,14,17-20H2,1-2H3,(H,30,31)/t23-/m0/s1. The number of carbonyl (C=O) groups excluding carboxylic acids is 2. The predicted molar refractivity (Wildman–Crippen MR) is 130 cm³/mol. The molecule has 0 spiro atoms. The molecular formula is C26H34NO6P. The van der Waals surface area contributed by atoms with Crippen molar-refractivity contribution in [3.05, 3.63) is 71.8 Å². The lowest BCUT2D eigenvalue weighted by atomic mass is 10.1. The number of amides is 1. The largest absolute Gasteiger partial charge is 0.459 e. The highest BCUT2D eigenvalue weighted by molar-refractivity contribution is 7.52. The molecule has 2 aromatic rings. The first-order valence-corrected chi connectivity index (χ1v) is 13.5. The molecule has 8 heteroatoms. The molecule has 2 aromatic carbocycles. The number of unbranched alkanes of at least 4 members (excludes halogenated alkanes) is 1. The number of nitrogens with zero attached hydrogens (tertiary/aromatic N) is 1. The second-order valence-corrected chi connectivity index (χ2v) is 11.1. The monoisotopic (exact) mass is 487 g/mol. The van der Waals surface area contributed by atoms with Crippen molar-refractivity contribution >= 4 is 19.5 Å². The number of carbonyl (C=O) groups is 2. The molecular weight excluding hydrogens is 453 g/mol. The van der Waals surface area contributed by atoms with Crippen LogP contribution in [0.5, 0.6) is 0 Å². The van der Waals surface area contributed by atoms with Crippen molar-refractivity contribution in [2.45, 2.75) is 64.2 Å². The van der Waals surface area contributed by atoms with Crippen LogP contribution in [0, 0.1) is 0 Å². The van der Waals surface area contributed by atoms with Crippen LogP contribution in [0.25, 0.3) is 0 Å². The fraction of sp³-hybridized carbons (Fsp3) is 0.462. The van der Waals surface area contributed by atoms with E-state index in [0.29, 0.717) is 25.8 Å². The number of esters is 1. The van der Waals surface area contributed by atoms with E-state index < -0.39 is 31.1 Å². The Labute approximate surface area is 201 Å². The highest BCUT2D eigenvalue weighted by Gasteiger charge is 2.44. The van der Waals surface area contributed by atoms with Gasteiger partial charge in [-0.05, 0) is 57.1 Å². The molecule has 0 bridgehead atoms. The van der Waals surface area contributed by atoms with Gasteiger partial charge < -0.3 is 14.5 Å². The van der Waals surface area contributed by atoms with Crippen LogP contribution >= 0.6 is 7.60 Å². The third kappa shape index (κ3) is 7.52. The Morgan fingerprint density at radius 1 is 1.03 bits per heavy atom. The summed E-state index contributed by atoms with van der Waals surface area (Å²) in [7, 11) is -3.99. The SMILES string of the molecule is CC(C)(OP(=O)(O)CCCCc1ccccc1)C(=O)N1CCC[C@H]1C(=O)OCc1ccccc1. The van der Waals surface area contributed by atoms with Crippen molar-refractivity contribution in [2.75, 3.05) is 12.7 Å². The number of hydrogen-bond donors (Lipinski definition) is 1. The van der Waals surface area contributed by atoms with Gasteiger partial charge in [0.25, 0.3) is 5.91 Å². The third-order valence-corrected chi connectivity index (χ3v) is 7.52. The van der Waals surface area contributed by atoms with E-state index in [1.54, 1.807) is 0 Å². The van der Waals surface area contributed by atoms with Crippen LogP contribution < -0.4 is 0 Å². The van der Waals surface area contributed by atoms with Gasteiger partial charge in [-0.2, -0.15) is 0 Å². The van der Waals surface area contributed by atoms with Crippen LogP contribution in [0.4, 0.5) is 0 Å². The number of rotatable bonds is 11. The Hall–Kier alpha value is -2.47. The molecule has 1 amide bonds. The highest BCUT2D eigenvalue weighted by atomic mass is 31.2. The van der Waals surface area contributed by atoms with Gasteiger partial charge in [0.05, 0.1) is 6.16 Å². The molecule has 3 rings (SSSR count). The average molecular weight is 488 g/mol. The molecule has 0 aromatic heterocycles. The number of benzene rings is 2. The minimum absolute atomic E-state index is 0.0287. The van der Waals surface area contributed by atoms with Crippen molar-refractivity contribution in [3.63, 3.8) is 0 Å². The van der Waals surface area contributed by atoms with Gasteiger partial charge in [-0.1, -0.05) is 60.7 Å². The number of likely N-dealkylation sites (tertiary alicyclic amines) is 1. The molecule has 0 saturated carbocycles.